The Balaban J connectivity index is 1.14. The molecule has 0 aliphatic heterocycles. The Morgan fingerprint density at radius 3 is 1.23 bits per heavy atom. The number of nitrogens with zero attached hydrogens (tertiary/aromatic N) is 2. The molecular formula is C46H36N2. The van der Waals surface area contributed by atoms with Gasteiger partial charge in [0.2, 0.25) is 0 Å². The normalized spacial score (nSPS) is 15.2. The molecule has 6 aromatic carbocycles. The molecule has 0 radical (unpaired) electrons. The van der Waals surface area contributed by atoms with Crippen LogP contribution in [0.15, 0.2) is 109 Å². The SMILES string of the molecule is Cc1nc2cc(-c3ccc4c(c3)-c3ccccc3C4(C)C)cc3c(C)nc4cc(-c5ccc6c(c5)-c5ccccc5C6(C)C)cc1c4c23. The molecule has 10 rings (SSSR count). The minimum atomic E-state index is -0.00318. The minimum Gasteiger partial charge on any atom is -0.252 e. The van der Waals surface area contributed by atoms with E-state index in [-0.39, 0.29) is 10.8 Å². The lowest BCUT2D eigenvalue weighted by Crippen LogP contribution is -2.14. The Hall–Kier alpha value is -5.34. The van der Waals surface area contributed by atoms with Crippen molar-refractivity contribution in [2.45, 2.75) is 52.4 Å². The summed E-state index contributed by atoms with van der Waals surface area (Å²) in [5.74, 6) is 0. The van der Waals surface area contributed by atoms with Crippen molar-refractivity contribution in [1.29, 1.82) is 0 Å². The lowest BCUT2D eigenvalue weighted by Gasteiger charge is -2.21. The number of benzene rings is 6. The van der Waals surface area contributed by atoms with E-state index in [0.717, 1.165) is 22.4 Å². The first-order valence-corrected chi connectivity index (χ1v) is 17.1. The molecule has 2 nitrogen and oxygen atoms in total. The van der Waals surface area contributed by atoms with Crippen LogP contribution in [0.3, 0.4) is 0 Å². The highest BCUT2D eigenvalue weighted by Crippen LogP contribution is 2.51. The van der Waals surface area contributed by atoms with Crippen LogP contribution in [0.4, 0.5) is 0 Å². The highest BCUT2D eigenvalue weighted by atomic mass is 14.7. The number of rotatable bonds is 2. The standard InChI is InChI=1S/C46H36N2/c1-25-33-21-29(27-15-17-39-35(19-27)31-11-7-9-13-37(31)45(39,3)4)24-42-43(33)44-34(26(2)48-42)22-30(23-41(44)47-25)28-16-18-40-36(20-28)32-12-8-10-14-38(32)46(40,5)6/h7-24H,1-6H3. The van der Waals surface area contributed by atoms with E-state index < -0.39 is 0 Å². The zero-order valence-corrected chi connectivity index (χ0v) is 28.3. The molecule has 0 unspecified atom stereocenters. The second kappa shape index (κ2) is 9.17. The second-order valence-electron chi connectivity index (χ2n) is 15.1. The van der Waals surface area contributed by atoms with Gasteiger partial charge in [-0.05, 0) is 117 Å². The number of hydrogen-bond donors (Lipinski definition) is 0. The molecule has 2 aliphatic carbocycles. The summed E-state index contributed by atoms with van der Waals surface area (Å²) in [6.07, 6.45) is 0. The summed E-state index contributed by atoms with van der Waals surface area (Å²) in [6, 6.07) is 41.0. The van der Waals surface area contributed by atoms with Crippen molar-refractivity contribution in [1.82, 2.24) is 9.97 Å². The summed E-state index contributed by atoms with van der Waals surface area (Å²) >= 11 is 0. The summed E-state index contributed by atoms with van der Waals surface area (Å²) in [6.45, 7) is 13.6. The van der Waals surface area contributed by atoms with Crippen LogP contribution in [0.2, 0.25) is 0 Å². The number of fused-ring (bicyclic) bond motifs is 6. The second-order valence-corrected chi connectivity index (χ2v) is 15.1. The van der Waals surface area contributed by atoms with Gasteiger partial charge in [-0.25, -0.2) is 0 Å². The Morgan fingerprint density at radius 1 is 0.396 bits per heavy atom. The van der Waals surface area contributed by atoms with E-state index >= 15 is 0 Å². The number of pyridine rings is 2. The maximum Gasteiger partial charge on any atom is 0.0725 e. The Bertz CT molecular complexity index is 2500. The lowest BCUT2D eigenvalue weighted by atomic mass is 9.82. The quantitative estimate of drug-likeness (QED) is 0.181. The van der Waals surface area contributed by atoms with Crippen molar-refractivity contribution in [2.75, 3.05) is 0 Å². The van der Waals surface area contributed by atoms with Crippen molar-refractivity contribution in [3.05, 3.63) is 143 Å². The van der Waals surface area contributed by atoms with Gasteiger partial charge in [0.05, 0.1) is 11.0 Å². The van der Waals surface area contributed by atoms with Crippen molar-refractivity contribution >= 4 is 32.6 Å². The molecule has 0 saturated heterocycles. The molecule has 48 heavy (non-hydrogen) atoms. The fourth-order valence-corrected chi connectivity index (χ4v) is 9.14. The van der Waals surface area contributed by atoms with Crippen molar-refractivity contribution < 1.29 is 0 Å². The average molecular weight is 617 g/mol. The number of aryl methyl sites for hydroxylation is 2. The lowest BCUT2D eigenvalue weighted by molar-refractivity contribution is 0.660. The first-order chi connectivity index (χ1) is 23.1. The maximum absolute atomic E-state index is 5.28. The smallest absolute Gasteiger partial charge is 0.0725 e. The predicted octanol–water partition coefficient (Wildman–Crippen LogP) is 11.9. The van der Waals surface area contributed by atoms with Crippen LogP contribution < -0.4 is 0 Å². The zero-order chi connectivity index (χ0) is 32.7. The van der Waals surface area contributed by atoms with Crippen LogP contribution in [0.1, 0.15) is 61.3 Å². The van der Waals surface area contributed by atoms with Crippen LogP contribution in [-0.4, -0.2) is 9.97 Å². The molecular weight excluding hydrogens is 581 g/mol. The van der Waals surface area contributed by atoms with Gasteiger partial charge in [0, 0.05) is 43.8 Å². The third-order valence-electron chi connectivity index (χ3n) is 11.7. The van der Waals surface area contributed by atoms with Gasteiger partial charge in [0.25, 0.3) is 0 Å². The molecule has 0 amide bonds. The first-order valence-electron chi connectivity index (χ1n) is 17.1. The molecule has 2 heteroatoms. The Labute approximate surface area is 281 Å². The molecule has 0 fully saturated rings. The van der Waals surface area contributed by atoms with Gasteiger partial charge in [0.1, 0.15) is 0 Å². The monoisotopic (exact) mass is 616 g/mol. The number of hydrogen-bond acceptors (Lipinski definition) is 2. The van der Waals surface area contributed by atoms with Gasteiger partial charge in [-0.1, -0.05) is 100 Å². The largest absolute Gasteiger partial charge is 0.252 e. The summed E-state index contributed by atoms with van der Waals surface area (Å²) in [4.78, 5) is 10.6. The molecule has 0 spiro atoms. The van der Waals surface area contributed by atoms with E-state index in [9.17, 15) is 0 Å². The van der Waals surface area contributed by atoms with E-state index in [4.69, 9.17) is 9.97 Å². The van der Waals surface area contributed by atoms with E-state index in [2.05, 4.69) is 151 Å². The average Bonchev–Trinajstić information content (AvgIpc) is 3.46. The molecule has 230 valence electrons. The van der Waals surface area contributed by atoms with Gasteiger partial charge in [0.15, 0.2) is 0 Å². The van der Waals surface area contributed by atoms with Gasteiger partial charge < -0.3 is 0 Å². The van der Waals surface area contributed by atoms with Crippen LogP contribution in [0, 0.1) is 13.8 Å². The molecule has 2 aromatic heterocycles. The molecule has 8 aromatic rings. The molecule has 0 bridgehead atoms. The van der Waals surface area contributed by atoms with Gasteiger partial charge in [-0.2, -0.15) is 0 Å². The summed E-state index contributed by atoms with van der Waals surface area (Å²) < 4.78 is 0. The highest BCUT2D eigenvalue weighted by molar-refractivity contribution is 6.23. The van der Waals surface area contributed by atoms with Gasteiger partial charge >= 0.3 is 0 Å². The van der Waals surface area contributed by atoms with Crippen LogP contribution in [0.25, 0.3) is 77.1 Å². The summed E-state index contributed by atoms with van der Waals surface area (Å²) in [5, 5.41) is 4.78. The fraction of sp³-hybridized carbons (Fsp3) is 0.174. The molecule has 2 aliphatic rings. The van der Waals surface area contributed by atoms with Crippen LogP contribution in [0.5, 0.6) is 0 Å². The van der Waals surface area contributed by atoms with E-state index in [0.29, 0.717) is 0 Å². The maximum atomic E-state index is 5.28. The van der Waals surface area contributed by atoms with Crippen molar-refractivity contribution in [3.8, 4) is 44.5 Å². The molecule has 2 heterocycles. The van der Waals surface area contributed by atoms with Crippen molar-refractivity contribution in [2.24, 2.45) is 0 Å². The fourth-order valence-electron chi connectivity index (χ4n) is 9.14. The molecule has 0 saturated carbocycles. The van der Waals surface area contributed by atoms with E-state index in [1.54, 1.807) is 0 Å². The Morgan fingerprint density at radius 2 is 0.792 bits per heavy atom. The first kappa shape index (κ1) is 27.7. The third kappa shape index (κ3) is 3.53. The van der Waals surface area contributed by atoms with Gasteiger partial charge in [-0.15, -0.1) is 0 Å². The van der Waals surface area contributed by atoms with E-state index in [1.165, 1.54) is 88.3 Å². The van der Waals surface area contributed by atoms with Crippen LogP contribution >= 0.6 is 0 Å². The predicted molar refractivity (Wildman–Crippen MR) is 201 cm³/mol. The summed E-state index contributed by atoms with van der Waals surface area (Å²) in [7, 11) is 0. The summed E-state index contributed by atoms with van der Waals surface area (Å²) in [5.41, 5.74) is 19.9. The molecule has 0 atom stereocenters. The van der Waals surface area contributed by atoms with Crippen molar-refractivity contribution in [3.63, 3.8) is 0 Å². The third-order valence-corrected chi connectivity index (χ3v) is 11.7. The number of aromatic nitrogens is 2. The highest BCUT2D eigenvalue weighted by Gasteiger charge is 2.36. The van der Waals surface area contributed by atoms with Crippen LogP contribution in [-0.2, 0) is 10.8 Å². The zero-order valence-electron chi connectivity index (χ0n) is 28.3. The van der Waals surface area contributed by atoms with Gasteiger partial charge in [-0.3, -0.25) is 9.97 Å². The Kier molecular flexibility index (Phi) is 5.30. The molecule has 0 N–H and O–H groups in total. The topological polar surface area (TPSA) is 25.8 Å². The van der Waals surface area contributed by atoms with E-state index in [1.807, 2.05) is 0 Å². The minimum absolute atomic E-state index is 0.00318.